The van der Waals surface area contributed by atoms with Crippen molar-refractivity contribution in [1.29, 1.82) is 0 Å². The van der Waals surface area contributed by atoms with Gasteiger partial charge in [0.25, 0.3) is 0 Å². The van der Waals surface area contributed by atoms with Crippen molar-refractivity contribution in [3.8, 4) is 0 Å². The smallest absolute Gasteiger partial charge is 0.407 e. The van der Waals surface area contributed by atoms with Gasteiger partial charge < -0.3 is 15.1 Å². The second-order valence-corrected chi connectivity index (χ2v) is 5.15. The van der Waals surface area contributed by atoms with E-state index in [0.717, 1.165) is 5.56 Å². The summed E-state index contributed by atoms with van der Waals surface area (Å²) in [7, 11) is 0. The molecule has 104 valence electrons. The Hall–Kier alpha value is -1.33. The molecule has 4 nitrogen and oxygen atoms in total. The van der Waals surface area contributed by atoms with E-state index in [2.05, 4.69) is 0 Å². The zero-order chi connectivity index (χ0) is 14.0. The lowest BCUT2D eigenvalue weighted by atomic mass is 9.81. The highest BCUT2D eigenvalue weighted by Crippen LogP contribution is 2.34. The maximum Gasteiger partial charge on any atom is 0.407 e. The molecule has 2 atom stereocenters. The van der Waals surface area contributed by atoms with Crippen molar-refractivity contribution in [2.24, 2.45) is 5.92 Å². The summed E-state index contributed by atoms with van der Waals surface area (Å²) in [6.45, 7) is 0.528. The Labute approximate surface area is 115 Å². The van der Waals surface area contributed by atoms with E-state index in [4.69, 9.17) is 16.7 Å². The maximum atomic E-state index is 13.5. The van der Waals surface area contributed by atoms with Gasteiger partial charge in [0.2, 0.25) is 0 Å². The zero-order valence-electron chi connectivity index (χ0n) is 10.2. The number of nitrogens with zero attached hydrogens (tertiary/aromatic N) is 1. The lowest BCUT2D eigenvalue weighted by Gasteiger charge is -2.36. The number of carboxylic acid groups (broad SMARTS) is 1. The third-order valence-corrected chi connectivity index (χ3v) is 3.92. The predicted molar refractivity (Wildman–Crippen MR) is 68.9 cm³/mol. The lowest BCUT2D eigenvalue weighted by Crippen LogP contribution is -2.43. The van der Waals surface area contributed by atoms with Crippen molar-refractivity contribution in [2.45, 2.75) is 12.3 Å². The van der Waals surface area contributed by atoms with Gasteiger partial charge in [0, 0.05) is 25.6 Å². The summed E-state index contributed by atoms with van der Waals surface area (Å²) in [4.78, 5) is 12.2. The fourth-order valence-electron chi connectivity index (χ4n) is 2.57. The molecule has 6 heteroatoms. The van der Waals surface area contributed by atoms with E-state index in [0.29, 0.717) is 13.0 Å². The summed E-state index contributed by atoms with van der Waals surface area (Å²) >= 11 is 5.64. The molecule has 1 aliphatic rings. The predicted octanol–water partition coefficient (Wildman–Crippen LogP) is 2.55. The molecule has 0 spiro atoms. The van der Waals surface area contributed by atoms with Gasteiger partial charge >= 0.3 is 6.09 Å². The van der Waals surface area contributed by atoms with Crippen LogP contribution in [-0.4, -0.2) is 40.9 Å². The van der Waals surface area contributed by atoms with Gasteiger partial charge in [-0.25, -0.2) is 9.18 Å². The van der Waals surface area contributed by atoms with Crippen LogP contribution >= 0.6 is 11.6 Å². The second-order valence-electron chi connectivity index (χ2n) is 4.74. The van der Waals surface area contributed by atoms with E-state index in [1.54, 1.807) is 6.07 Å². The molecular weight excluding hydrogens is 273 g/mol. The fourth-order valence-corrected chi connectivity index (χ4v) is 2.69. The number of hydrogen-bond donors (Lipinski definition) is 2. The Bertz CT molecular complexity index is 483. The standard InChI is InChI=1S/C13H15ClFNO3/c14-11-2-1-8(5-12(11)15)10-3-4-16(13(18)19)6-9(10)7-17/h1-2,5,9-10,17H,3-4,6-7H2,(H,18,19)/t9-,10-/m0/s1. The molecule has 1 aromatic rings. The Balaban J connectivity index is 2.19. The lowest BCUT2D eigenvalue weighted by molar-refractivity contribution is 0.0886. The molecule has 1 heterocycles. The van der Waals surface area contributed by atoms with Gasteiger partial charge in [-0.3, -0.25) is 0 Å². The number of amides is 1. The van der Waals surface area contributed by atoms with Gasteiger partial charge in [-0.2, -0.15) is 0 Å². The third-order valence-electron chi connectivity index (χ3n) is 3.61. The Kier molecular flexibility index (Phi) is 4.27. The number of aliphatic hydroxyl groups is 1. The number of piperidine rings is 1. The SMILES string of the molecule is O=C(O)N1CC[C@@H](c2ccc(Cl)c(F)c2)[C@H](CO)C1. The Morgan fingerprint density at radius 3 is 2.84 bits per heavy atom. The van der Waals surface area contributed by atoms with E-state index in [1.807, 2.05) is 0 Å². The quantitative estimate of drug-likeness (QED) is 0.879. The normalized spacial score (nSPS) is 23.4. The van der Waals surface area contributed by atoms with Crippen molar-refractivity contribution >= 4 is 17.7 Å². The number of benzene rings is 1. The molecule has 1 aromatic carbocycles. The molecule has 1 amide bonds. The van der Waals surface area contributed by atoms with Crippen molar-refractivity contribution in [1.82, 2.24) is 4.90 Å². The van der Waals surface area contributed by atoms with Crippen LogP contribution in [0.4, 0.5) is 9.18 Å². The van der Waals surface area contributed by atoms with Gasteiger partial charge in [0.15, 0.2) is 0 Å². The van der Waals surface area contributed by atoms with Crippen LogP contribution in [0.25, 0.3) is 0 Å². The highest BCUT2D eigenvalue weighted by Gasteiger charge is 2.32. The minimum Gasteiger partial charge on any atom is -0.465 e. The molecule has 1 aliphatic heterocycles. The second kappa shape index (κ2) is 5.75. The summed E-state index contributed by atoms with van der Waals surface area (Å²) in [6.07, 6.45) is -0.419. The summed E-state index contributed by atoms with van der Waals surface area (Å²) in [5, 5.41) is 18.4. The minimum absolute atomic E-state index is 0.0487. The molecule has 0 saturated carbocycles. The molecule has 0 radical (unpaired) electrons. The summed E-state index contributed by atoms with van der Waals surface area (Å²) in [6, 6.07) is 4.59. The summed E-state index contributed by atoms with van der Waals surface area (Å²) in [5.41, 5.74) is 0.756. The first-order valence-corrected chi connectivity index (χ1v) is 6.44. The van der Waals surface area contributed by atoms with Crippen LogP contribution < -0.4 is 0 Å². The van der Waals surface area contributed by atoms with Crippen molar-refractivity contribution in [2.75, 3.05) is 19.7 Å². The van der Waals surface area contributed by atoms with Crippen molar-refractivity contribution < 1.29 is 19.4 Å². The van der Waals surface area contributed by atoms with Crippen molar-refractivity contribution in [3.63, 3.8) is 0 Å². The average molecular weight is 288 g/mol. The van der Waals surface area contributed by atoms with Crippen LogP contribution in [0.1, 0.15) is 17.9 Å². The monoisotopic (exact) mass is 287 g/mol. The van der Waals surface area contributed by atoms with E-state index < -0.39 is 11.9 Å². The third kappa shape index (κ3) is 2.98. The summed E-state index contributed by atoms with van der Waals surface area (Å²) < 4.78 is 13.5. The molecule has 2 rings (SSSR count). The summed E-state index contributed by atoms with van der Waals surface area (Å²) in [5.74, 6) is -0.755. The van der Waals surface area contributed by atoms with E-state index >= 15 is 0 Å². The number of halogens is 2. The fraction of sp³-hybridized carbons (Fsp3) is 0.462. The van der Waals surface area contributed by atoms with Crippen LogP contribution in [0.3, 0.4) is 0 Å². The van der Waals surface area contributed by atoms with Crippen LogP contribution in [0.2, 0.25) is 5.02 Å². The van der Waals surface area contributed by atoms with Gasteiger partial charge in [-0.1, -0.05) is 17.7 Å². The van der Waals surface area contributed by atoms with E-state index in [1.165, 1.54) is 17.0 Å². The number of likely N-dealkylation sites (tertiary alicyclic amines) is 1. The number of carbonyl (C=O) groups is 1. The van der Waals surface area contributed by atoms with Crippen molar-refractivity contribution in [3.05, 3.63) is 34.6 Å². The molecule has 0 aliphatic carbocycles. The topological polar surface area (TPSA) is 60.8 Å². The van der Waals surface area contributed by atoms with E-state index in [-0.39, 0.29) is 30.0 Å². The molecule has 19 heavy (non-hydrogen) atoms. The first kappa shape index (κ1) is 14.1. The molecule has 0 aromatic heterocycles. The van der Waals surface area contributed by atoms with Crippen LogP contribution in [0, 0.1) is 11.7 Å². The number of hydrogen-bond acceptors (Lipinski definition) is 2. The van der Waals surface area contributed by atoms with Gasteiger partial charge in [0.1, 0.15) is 5.82 Å². The Morgan fingerprint density at radius 1 is 1.53 bits per heavy atom. The van der Waals surface area contributed by atoms with Gasteiger partial charge in [0.05, 0.1) is 5.02 Å². The number of aliphatic hydroxyl groups excluding tert-OH is 1. The molecule has 1 saturated heterocycles. The maximum absolute atomic E-state index is 13.5. The molecule has 0 bridgehead atoms. The number of rotatable bonds is 2. The average Bonchev–Trinajstić information content (AvgIpc) is 2.41. The highest BCUT2D eigenvalue weighted by molar-refractivity contribution is 6.30. The van der Waals surface area contributed by atoms with Gasteiger partial charge in [-0.05, 0) is 30.0 Å². The van der Waals surface area contributed by atoms with E-state index in [9.17, 15) is 14.3 Å². The molecule has 2 N–H and O–H groups in total. The molecule has 0 unspecified atom stereocenters. The van der Waals surface area contributed by atoms with Crippen LogP contribution in [-0.2, 0) is 0 Å². The first-order chi connectivity index (χ1) is 9.02. The Morgan fingerprint density at radius 2 is 2.26 bits per heavy atom. The van der Waals surface area contributed by atoms with Crippen LogP contribution in [0.15, 0.2) is 18.2 Å². The highest BCUT2D eigenvalue weighted by atomic mass is 35.5. The first-order valence-electron chi connectivity index (χ1n) is 6.06. The van der Waals surface area contributed by atoms with Gasteiger partial charge in [-0.15, -0.1) is 0 Å². The molecular formula is C13H15ClFNO3. The minimum atomic E-state index is -0.987. The molecule has 1 fully saturated rings. The van der Waals surface area contributed by atoms with Crippen LogP contribution in [0.5, 0.6) is 0 Å². The zero-order valence-corrected chi connectivity index (χ0v) is 11.0. The largest absolute Gasteiger partial charge is 0.465 e.